The summed E-state index contributed by atoms with van der Waals surface area (Å²) in [6, 6.07) is 7.13. The van der Waals surface area contributed by atoms with Gasteiger partial charge < -0.3 is 0 Å². The molecule has 132 valence electrons. The molecule has 0 radical (unpaired) electrons. The van der Waals surface area contributed by atoms with Crippen LogP contribution in [0.3, 0.4) is 0 Å². The van der Waals surface area contributed by atoms with Crippen molar-refractivity contribution in [3.05, 3.63) is 24.3 Å². The van der Waals surface area contributed by atoms with Crippen molar-refractivity contribution < 1.29 is 8.42 Å². The number of halogens is 3. The van der Waals surface area contributed by atoms with E-state index in [4.69, 9.17) is 34.8 Å². The van der Waals surface area contributed by atoms with Crippen molar-refractivity contribution in [2.24, 2.45) is 0 Å². The van der Waals surface area contributed by atoms with E-state index in [9.17, 15) is 8.42 Å². The Bertz CT molecular complexity index is 781. The molecule has 1 fully saturated rings. The molecule has 10 heteroatoms. The molecule has 24 heavy (non-hydrogen) atoms. The molecule has 1 aliphatic carbocycles. The van der Waals surface area contributed by atoms with E-state index in [-0.39, 0.29) is 10.4 Å². The van der Waals surface area contributed by atoms with Crippen LogP contribution in [-0.4, -0.2) is 26.3 Å². The van der Waals surface area contributed by atoms with Gasteiger partial charge in [-0.3, -0.25) is 0 Å². The lowest BCUT2D eigenvalue weighted by Crippen LogP contribution is -2.38. The third-order valence-electron chi connectivity index (χ3n) is 3.80. The Labute approximate surface area is 164 Å². The average Bonchev–Trinajstić information content (AvgIpc) is 2.97. The molecule has 0 atom stereocenters. The zero-order valence-corrected chi connectivity index (χ0v) is 17.2. The van der Waals surface area contributed by atoms with Crippen LogP contribution in [0.15, 0.2) is 28.6 Å². The van der Waals surface area contributed by atoms with Crippen LogP contribution >= 0.6 is 58.1 Å². The molecule has 1 aromatic heterocycles. The van der Waals surface area contributed by atoms with Gasteiger partial charge in [0.2, 0.25) is 4.34 Å². The van der Waals surface area contributed by atoms with Gasteiger partial charge in [-0.2, -0.15) is 0 Å². The number of hydrogen-bond donors (Lipinski definition) is 0. The van der Waals surface area contributed by atoms with Crippen LogP contribution in [0.4, 0.5) is 0 Å². The molecule has 0 saturated heterocycles. The van der Waals surface area contributed by atoms with Gasteiger partial charge in [0.15, 0.2) is 0 Å². The smallest absolute Gasteiger partial charge is 0.224 e. The molecule has 0 bridgehead atoms. The van der Waals surface area contributed by atoms with E-state index in [1.807, 2.05) is 18.2 Å². The van der Waals surface area contributed by atoms with Gasteiger partial charge in [0, 0.05) is 6.04 Å². The van der Waals surface area contributed by atoms with Gasteiger partial charge in [0.05, 0.1) is 10.2 Å². The molecule has 1 aliphatic rings. The number of benzene rings is 1. The van der Waals surface area contributed by atoms with E-state index in [1.165, 1.54) is 3.71 Å². The van der Waals surface area contributed by atoms with Crippen LogP contribution in [0.5, 0.6) is 0 Å². The number of fused-ring (bicyclic) bond motifs is 1. The van der Waals surface area contributed by atoms with Crippen LogP contribution in [0.25, 0.3) is 10.2 Å². The summed E-state index contributed by atoms with van der Waals surface area (Å²) in [5.41, 5.74) is 0.656. The zero-order chi connectivity index (χ0) is 17.4. The first-order valence-corrected chi connectivity index (χ1v) is 11.6. The van der Waals surface area contributed by atoms with Crippen LogP contribution in [-0.2, 0) is 10.0 Å². The van der Waals surface area contributed by atoms with Gasteiger partial charge >= 0.3 is 0 Å². The summed E-state index contributed by atoms with van der Waals surface area (Å²) in [5, 5.41) is 0. The molecule has 4 nitrogen and oxygen atoms in total. The highest BCUT2D eigenvalue weighted by Gasteiger charge is 2.40. The fourth-order valence-electron chi connectivity index (χ4n) is 2.75. The van der Waals surface area contributed by atoms with Crippen LogP contribution in [0.2, 0.25) is 0 Å². The quantitative estimate of drug-likeness (QED) is 0.454. The summed E-state index contributed by atoms with van der Waals surface area (Å²) in [7, 11) is -3.85. The summed E-state index contributed by atoms with van der Waals surface area (Å²) in [6.07, 6.45) is 4.56. The number of thiazole rings is 1. The van der Waals surface area contributed by atoms with Crippen LogP contribution < -0.4 is 0 Å². The second-order valence-electron chi connectivity index (χ2n) is 5.54. The van der Waals surface area contributed by atoms with Gasteiger partial charge in [0.1, 0.15) is 0 Å². The molecule has 1 saturated carbocycles. The molecular formula is C14H15Cl3N2O2S3. The predicted molar refractivity (Wildman–Crippen MR) is 103 cm³/mol. The van der Waals surface area contributed by atoms with Gasteiger partial charge in [-0.25, -0.2) is 13.4 Å². The van der Waals surface area contributed by atoms with Crippen molar-refractivity contribution in [2.45, 2.75) is 45.6 Å². The Morgan fingerprint density at radius 3 is 2.46 bits per heavy atom. The van der Waals surface area contributed by atoms with Gasteiger partial charge in [0.25, 0.3) is 13.1 Å². The Morgan fingerprint density at radius 2 is 1.83 bits per heavy atom. The van der Waals surface area contributed by atoms with E-state index in [0.29, 0.717) is 5.52 Å². The van der Waals surface area contributed by atoms with Crippen molar-refractivity contribution in [3.8, 4) is 0 Å². The first-order chi connectivity index (χ1) is 11.3. The first kappa shape index (κ1) is 19.0. The molecule has 0 N–H and O–H groups in total. The third kappa shape index (κ3) is 4.31. The minimum atomic E-state index is -3.85. The maximum Gasteiger partial charge on any atom is 0.280 e. The second-order valence-corrected chi connectivity index (χ2v) is 12.9. The molecule has 2 aromatic rings. The Kier molecular flexibility index (Phi) is 5.91. The number of aromatic nitrogens is 1. The van der Waals surface area contributed by atoms with Gasteiger partial charge in [-0.1, -0.05) is 66.2 Å². The zero-order valence-electron chi connectivity index (χ0n) is 12.5. The highest BCUT2D eigenvalue weighted by molar-refractivity contribution is 8.12. The van der Waals surface area contributed by atoms with E-state index in [0.717, 1.165) is 60.1 Å². The highest BCUT2D eigenvalue weighted by atomic mass is 35.6. The lowest BCUT2D eigenvalue weighted by atomic mass is 9.96. The topological polar surface area (TPSA) is 50.3 Å². The van der Waals surface area contributed by atoms with Gasteiger partial charge in [-0.05, 0) is 36.9 Å². The molecule has 1 heterocycles. The van der Waals surface area contributed by atoms with Crippen LogP contribution in [0.1, 0.15) is 32.1 Å². The molecule has 1 aromatic carbocycles. The van der Waals surface area contributed by atoms with Gasteiger partial charge in [-0.15, -0.1) is 15.0 Å². The van der Waals surface area contributed by atoms with E-state index < -0.39 is 13.1 Å². The van der Waals surface area contributed by atoms with E-state index in [2.05, 4.69) is 4.98 Å². The minimum absolute atomic E-state index is 0.0380. The number of hydrogen-bond acceptors (Lipinski definition) is 5. The Balaban J connectivity index is 2.00. The molecular weight excluding hydrogens is 431 g/mol. The maximum atomic E-state index is 13.2. The summed E-state index contributed by atoms with van der Waals surface area (Å²) in [4.78, 5) is 4.28. The standard InChI is InChI=1S/C14H15Cl3N2O2S3/c15-14(16,17)23-19(10-6-2-1-3-7-10)24(20,21)13-18-11-8-4-5-9-12(11)22-13/h4-5,8-10H,1-3,6-7H2. The Morgan fingerprint density at radius 1 is 1.17 bits per heavy atom. The predicted octanol–water partition coefficient (Wildman–Crippen LogP) is 5.60. The Hall–Kier alpha value is 0.240. The maximum absolute atomic E-state index is 13.2. The second kappa shape index (κ2) is 7.47. The van der Waals surface area contributed by atoms with E-state index >= 15 is 0 Å². The molecule has 0 unspecified atom stereocenters. The molecule has 0 amide bonds. The number of alkyl halides is 3. The largest absolute Gasteiger partial charge is 0.280 e. The van der Waals surface area contributed by atoms with Crippen molar-refractivity contribution in [1.82, 2.24) is 8.69 Å². The molecule has 0 spiro atoms. The lowest BCUT2D eigenvalue weighted by Gasteiger charge is -2.33. The summed E-state index contributed by atoms with van der Waals surface area (Å²) < 4.78 is 26.7. The number of rotatable bonds is 4. The first-order valence-electron chi connectivity index (χ1n) is 7.43. The summed E-state index contributed by atoms with van der Waals surface area (Å²) in [6.45, 7) is 0. The van der Waals surface area contributed by atoms with Crippen molar-refractivity contribution in [2.75, 3.05) is 0 Å². The summed E-state index contributed by atoms with van der Waals surface area (Å²) >= 11 is 19.5. The van der Waals surface area contributed by atoms with Crippen LogP contribution in [0, 0.1) is 0 Å². The SMILES string of the molecule is O=S(=O)(c1nc2ccccc2s1)N(SC(Cl)(Cl)Cl)C1CCCCC1. The highest BCUT2D eigenvalue weighted by Crippen LogP contribution is 2.46. The monoisotopic (exact) mass is 444 g/mol. The number of sulfonamides is 1. The minimum Gasteiger partial charge on any atom is -0.224 e. The van der Waals surface area contributed by atoms with Crippen molar-refractivity contribution >= 4 is 78.3 Å². The van der Waals surface area contributed by atoms with E-state index in [1.54, 1.807) is 6.07 Å². The average molecular weight is 446 g/mol. The number of nitrogens with zero attached hydrogens (tertiary/aromatic N) is 2. The lowest BCUT2D eigenvalue weighted by molar-refractivity contribution is 0.345. The normalized spacial score (nSPS) is 17.7. The third-order valence-corrected chi connectivity index (χ3v) is 8.93. The van der Waals surface area contributed by atoms with Crippen molar-refractivity contribution in [1.29, 1.82) is 0 Å². The van der Waals surface area contributed by atoms with Crippen molar-refractivity contribution in [3.63, 3.8) is 0 Å². The molecule has 0 aliphatic heterocycles. The molecule has 3 rings (SSSR count). The summed E-state index contributed by atoms with van der Waals surface area (Å²) in [5.74, 6) is 0. The fraction of sp³-hybridized carbons (Fsp3) is 0.500. The number of para-hydroxylation sites is 1. The fourth-order valence-corrected chi connectivity index (χ4v) is 8.03.